The van der Waals surface area contributed by atoms with Gasteiger partial charge in [-0.2, -0.15) is 0 Å². The van der Waals surface area contributed by atoms with Gasteiger partial charge in [0.1, 0.15) is 6.54 Å². The molecule has 0 N–H and O–H groups in total. The largest absolute Gasteiger partial charge is 0.465 e. The van der Waals surface area contributed by atoms with Crippen molar-refractivity contribution < 1.29 is 14.3 Å². The molecule has 2 fully saturated rings. The van der Waals surface area contributed by atoms with E-state index in [1.807, 2.05) is 35.2 Å². The van der Waals surface area contributed by atoms with Crippen molar-refractivity contribution in [2.75, 3.05) is 6.61 Å². The van der Waals surface area contributed by atoms with E-state index in [9.17, 15) is 14.4 Å². The number of carbonyl (C=O) groups excluding carboxylic acids is 2. The second-order valence-corrected chi connectivity index (χ2v) is 7.82. The van der Waals surface area contributed by atoms with Gasteiger partial charge in [-0.25, -0.2) is 9.78 Å². The van der Waals surface area contributed by atoms with Gasteiger partial charge in [-0.05, 0) is 44.2 Å². The molecule has 2 bridgehead atoms. The van der Waals surface area contributed by atoms with E-state index in [1.165, 1.54) is 10.8 Å². The average Bonchev–Trinajstić information content (AvgIpc) is 3.27. The van der Waals surface area contributed by atoms with E-state index in [4.69, 9.17) is 4.74 Å². The summed E-state index contributed by atoms with van der Waals surface area (Å²) < 4.78 is 6.79. The van der Waals surface area contributed by atoms with Crippen LogP contribution in [0, 0.1) is 5.41 Å². The zero-order valence-corrected chi connectivity index (χ0v) is 16.5. The summed E-state index contributed by atoms with van der Waals surface area (Å²) in [4.78, 5) is 43.7. The molecule has 3 atom stereocenters. The Balaban J connectivity index is 1.63. The first kappa shape index (κ1) is 19.4. The predicted octanol–water partition coefficient (Wildman–Crippen LogP) is 1.80. The summed E-state index contributed by atoms with van der Waals surface area (Å²) in [7, 11) is 0. The maximum Gasteiger partial charge on any atom is 0.347 e. The molecule has 0 radical (unpaired) electrons. The Bertz CT molecular complexity index is 958. The van der Waals surface area contributed by atoms with Crippen molar-refractivity contribution in [1.82, 2.24) is 14.5 Å². The molecule has 7 heteroatoms. The Morgan fingerprint density at radius 3 is 2.72 bits per heavy atom. The standard InChI is InChI=1S/C22H25N3O4/c1-2-29-20(27)22(13-16-7-4-3-5-8-16)14-17-9-10-18(22)25(17)19(26)15-24-12-6-11-23-21(24)28/h3-8,11-12,17-18H,2,9-10,13-15H2,1H3/t17-,18+,22+/m1/s1. The molecule has 2 aromatic rings. The Morgan fingerprint density at radius 2 is 2.00 bits per heavy atom. The highest BCUT2D eigenvalue weighted by Gasteiger charge is 2.61. The first-order chi connectivity index (χ1) is 14.0. The topological polar surface area (TPSA) is 81.5 Å². The molecule has 1 aromatic carbocycles. The first-order valence-corrected chi connectivity index (χ1v) is 10.1. The average molecular weight is 395 g/mol. The monoisotopic (exact) mass is 395 g/mol. The van der Waals surface area contributed by atoms with Crippen molar-refractivity contribution in [1.29, 1.82) is 0 Å². The molecule has 2 aliphatic heterocycles. The van der Waals surface area contributed by atoms with Crippen molar-refractivity contribution in [3.8, 4) is 0 Å². The molecule has 152 valence electrons. The van der Waals surface area contributed by atoms with Crippen LogP contribution in [-0.2, 0) is 27.3 Å². The fourth-order valence-electron chi connectivity index (χ4n) is 5.01. The van der Waals surface area contributed by atoms with Crippen LogP contribution in [0.15, 0.2) is 53.6 Å². The summed E-state index contributed by atoms with van der Waals surface area (Å²) in [6.07, 6.45) is 5.75. The minimum atomic E-state index is -0.740. The van der Waals surface area contributed by atoms with Gasteiger partial charge < -0.3 is 9.64 Å². The lowest BCUT2D eigenvalue weighted by Crippen LogP contribution is -2.48. The second-order valence-electron chi connectivity index (χ2n) is 7.82. The Labute approximate surface area is 169 Å². The SMILES string of the molecule is CCOC(=O)[C@@]1(Cc2ccccc2)C[C@H]2CC[C@@H]1N2C(=O)Cn1cccnc1=O. The van der Waals surface area contributed by atoms with Crippen LogP contribution < -0.4 is 5.69 Å². The molecule has 29 heavy (non-hydrogen) atoms. The third kappa shape index (κ3) is 3.45. The normalized spacial score (nSPS) is 25.2. The van der Waals surface area contributed by atoms with Gasteiger partial charge in [0.15, 0.2) is 0 Å². The molecule has 2 aliphatic rings. The number of fused-ring (bicyclic) bond motifs is 2. The fourth-order valence-corrected chi connectivity index (χ4v) is 5.01. The molecule has 0 aliphatic carbocycles. The van der Waals surface area contributed by atoms with E-state index in [1.54, 1.807) is 19.2 Å². The fraction of sp³-hybridized carbons (Fsp3) is 0.455. The van der Waals surface area contributed by atoms with Gasteiger partial charge in [0.25, 0.3) is 0 Å². The van der Waals surface area contributed by atoms with E-state index < -0.39 is 11.1 Å². The maximum absolute atomic E-state index is 13.1. The molecule has 7 nitrogen and oxygen atoms in total. The van der Waals surface area contributed by atoms with Gasteiger partial charge in [-0.3, -0.25) is 14.2 Å². The quantitative estimate of drug-likeness (QED) is 0.697. The van der Waals surface area contributed by atoms with E-state index in [-0.39, 0.29) is 30.5 Å². The smallest absolute Gasteiger partial charge is 0.347 e. The zero-order chi connectivity index (χ0) is 20.4. The molecule has 2 saturated heterocycles. The molecule has 1 aromatic heterocycles. The molecular formula is C22H25N3O4. The number of nitrogens with zero attached hydrogens (tertiary/aromatic N) is 3. The highest BCUT2D eigenvalue weighted by atomic mass is 16.5. The summed E-state index contributed by atoms with van der Waals surface area (Å²) in [5.74, 6) is -0.376. The summed E-state index contributed by atoms with van der Waals surface area (Å²) in [6, 6.07) is 11.3. The van der Waals surface area contributed by atoms with Gasteiger partial charge in [0, 0.05) is 24.5 Å². The lowest BCUT2D eigenvalue weighted by atomic mass is 9.70. The summed E-state index contributed by atoms with van der Waals surface area (Å²) in [6.45, 7) is 2.05. The highest BCUT2D eigenvalue weighted by molar-refractivity contribution is 5.84. The van der Waals surface area contributed by atoms with Crippen LogP contribution in [0.4, 0.5) is 0 Å². The van der Waals surface area contributed by atoms with Crippen LogP contribution >= 0.6 is 0 Å². The van der Waals surface area contributed by atoms with Gasteiger partial charge in [-0.1, -0.05) is 30.3 Å². The number of ether oxygens (including phenoxy) is 1. The number of carbonyl (C=O) groups is 2. The first-order valence-electron chi connectivity index (χ1n) is 10.1. The number of rotatable bonds is 6. The van der Waals surface area contributed by atoms with E-state index in [0.29, 0.717) is 19.4 Å². The van der Waals surface area contributed by atoms with Gasteiger partial charge in [0.05, 0.1) is 12.0 Å². The lowest BCUT2D eigenvalue weighted by molar-refractivity contribution is -0.158. The number of esters is 1. The molecular weight excluding hydrogens is 370 g/mol. The summed E-state index contributed by atoms with van der Waals surface area (Å²) in [5.41, 5.74) is -0.132. The van der Waals surface area contributed by atoms with Crippen molar-refractivity contribution in [2.24, 2.45) is 5.41 Å². The van der Waals surface area contributed by atoms with Gasteiger partial charge in [0.2, 0.25) is 5.91 Å². The summed E-state index contributed by atoms with van der Waals surface area (Å²) >= 11 is 0. The molecule has 3 heterocycles. The van der Waals surface area contributed by atoms with Crippen molar-refractivity contribution in [3.05, 3.63) is 64.8 Å². The minimum Gasteiger partial charge on any atom is -0.465 e. The van der Waals surface area contributed by atoms with Crippen LogP contribution in [-0.4, -0.2) is 45.0 Å². The number of hydrogen-bond donors (Lipinski definition) is 0. The number of aromatic nitrogens is 2. The molecule has 0 unspecified atom stereocenters. The van der Waals surface area contributed by atoms with Crippen LogP contribution in [0.5, 0.6) is 0 Å². The number of amides is 1. The highest BCUT2D eigenvalue weighted by Crippen LogP contribution is 2.52. The van der Waals surface area contributed by atoms with Crippen LogP contribution in [0.2, 0.25) is 0 Å². The van der Waals surface area contributed by atoms with Gasteiger partial charge in [-0.15, -0.1) is 0 Å². The van der Waals surface area contributed by atoms with E-state index >= 15 is 0 Å². The minimum absolute atomic E-state index is 0.00649. The Morgan fingerprint density at radius 1 is 1.21 bits per heavy atom. The molecule has 4 rings (SSSR count). The number of hydrogen-bond acceptors (Lipinski definition) is 5. The van der Waals surface area contributed by atoms with E-state index in [2.05, 4.69) is 4.98 Å². The molecule has 0 saturated carbocycles. The van der Waals surface area contributed by atoms with Crippen LogP contribution in [0.1, 0.15) is 31.7 Å². The summed E-state index contributed by atoms with van der Waals surface area (Å²) in [5, 5.41) is 0. The Hall–Kier alpha value is -2.96. The molecule has 0 spiro atoms. The van der Waals surface area contributed by atoms with Crippen LogP contribution in [0.25, 0.3) is 0 Å². The van der Waals surface area contributed by atoms with Crippen molar-refractivity contribution >= 4 is 11.9 Å². The third-order valence-electron chi connectivity index (χ3n) is 6.16. The van der Waals surface area contributed by atoms with Crippen LogP contribution in [0.3, 0.4) is 0 Å². The van der Waals surface area contributed by atoms with Gasteiger partial charge >= 0.3 is 11.7 Å². The number of benzene rings is 1. The molecule has 1 amide bonds. The lowest BCUT2D eigenvalue weighted by Gasteiger charge is -2.35. The van der Waals surface area contributed by atoms with E-state index in [0.717, 1.165) is 18.4 Å². The van der Waals surface area contributed by atoms with Crippen molar-refractivity contribution in [3.63, 3.8) is 0 Å². The van der Waals surface area contributed by atoms with Crippen molar-refractivity contribution in [2.45, 2.75) is 51.2 Å². The second kappa shape index (κ2) is 7.81. The predicted molar refractivity (Wildman–Crippen MR) is 106 cm³/mol. The third-order valence-corrected chi connectivity index (χ3v) is 6.16. The zero-order valence-electron chi connectivity index (χ0n) is 16.5. The Kier molecular flexibility index (Phi) is 5.22. The maximum atomic E-state index is 13.1.